The fraction of sp³-hybridized carbons (Fsp3) is 0.750. The van der Waals surface area contributed by atoms with E-state index >= 15 is 0 Å². The minimum absolute atomic E-state index is 0.0822. The number of likely N-dealkylation sites (tertiary alicyclic amines) is 1. The van der Waals surface area contributed by atoms with E-state index in [4.69, 9.17) is 0 Å². The normalized spacial score (nSPS) is 28.1. The third-order valence-corrected chi connectivity index (χ3v) is 5.60. The molecule has 22 heavy (non-hydrogen) atoms. The second kappa shape index (κ2) is 5.66. The summed E-state index contributed by atoms with van der Waals surface area (Å²) in [6.45, 7) is 2.13. The molecule has 2 N–H and O–H groups in total. The monoisotopic (exact) mass is 306 g/mol. The molecule has 1 aromatic rings. The number of aromatic nitrogens is 2. The van der Waals surface area contributed by atoms with Gasteiger partial charge in [-0.25, -0.2) is 4.98 Å². The highest BCUT2D eigenvalue weighted by Gasteiger charge is 2.54. The second-order valence-corrected chi connectivity index (χ2v) is 7.00. The molecule has 6 nitrogen and oxygen atoms in total. The van der Waals surface area contributed by atoms with Crippen LogP contribution in [0.4, 0.5) is 5.82 Å². The third-order valence-electron chi connectivity index (χ3n) is 5.60. The molecule has 2 heterocycles. The number of rotatable bonds is 3. The minimum atomic E-state index is -0.817. The van der Waals surface area contributed by atoms with E-state index < -0.39 is 5.60 Å². The van der Waals surface area contributed by atoms with Crippen molar-refractivity contribution >= 4 is 5.82 Å². The summed E-state index contributed by atoms with van der Waals surface area (Å²) >= 11 is 0. The van der Waals surface area contributed by atoms with Gasteiger partial charge in [-0.05, 0) is 26.3 Å². The van der Waals surface area contributed by atoms with E-state index in [0.29, 0.717) is 18.8 Å². The number of nitrogens with one attached hydrogen (secondary N) is 1. The molecule has 122 valence electrons. The van der Waals surface area contributed by atoms with Gasteiger partial charge < -0.3 is 15.3 Å². The van der Waals surface area contributed by atoms with E-state index in [1.54, 1.807) is 17.9 Å². The van der Waals surface area contributed by atoms with Crippen LogP contribution in [0.1, 0.15) is 32.1 Å². The molecule has 3 rings (SSSR count). The van der Waals surface area contributed by atoms with Crippen molar-refractivity contribution in [2.24, 2.45) is 5.41 Å². The Labute approximate surface area is 131 Å². The molecule has 0 aromatic carbocycles. The lowest BCUT2D eigenvalue weighted by atomic mass is 9.66. The lowest BCUT2D eigenvalue weighted by Crippen LogP contribution is -2.60. The Kier molecular flexibility index (Phi) is 3.99. The number of piperidine rings is 1. The Morgan fingerprint density at radius 2 is 2.09 bits per heavy atom. The molecule has 0 radical (unpaired) electrons. The van der Waals surface area contributed by atoms with Crippen LogP contribution in [0.3, 0.4) is 0 Å². The summed E-state index contributed by atoms with van der Waals surface area (Å²) in [6.07, 6.45) is 6.69. The van der Waals surface area contributed by atoms with Crippen molar-refractivity contribution in [1.82, 2.24) is 14.5 Å². The van der Waals surface area contributed by atoms with E-state index in [1.165, 1.54) is 18.9 Å². The first kappa shape index (κ1) is 15.5. The Morgan fingerprint density at radius 3 is 2.73 bits per heavy atom. The SMILES string of the molecule is CNc1cc(=O)n(CC2(O)CCN(C)CC23CCCC3)cn1. The summed E-state index contributed by atoms with van der Waals surface area (Å²) in [4.78, 5) is 18.8. The van der Waals surface area contributed by atoms with Gasteiger partial charge in [0.05, 0.1) is 18.5 Å². The summed E-state index contributed by atoms with van der Waals surface area (Å²) < 4.78 is 1.56. The summed E-state index contributed by atoms with van der Waals surface area (Å²) in [7, 11) is 3.86. The van der Waals surface area contributed by atoms with E-state index in [2.05, 4.69) is 22.2 Å². The predicted octanol–water partition coefficient (Wildman–Crippen LogP) is 0.912. The highest BCUT2D eigenvalue weighted by molar-refractivity contribution is 5.30. The van der Waals surface area contributed by atoms with Crippen molar-refractivity contribution in [2.75, 3.05) is 32.5 Å². The fourth-order valence-corrected chi connectivity index (χ4v) is 4.27. The molecule has 1 aliphatic heterocycles. The lowest BCUT2D eigenvalue weighted by Gasteiger charge is -2.51. The highest BCUT2D eigenvalue weighted by Crippen LogP contribution is 2.51. The van der Waals surface area contributed by atoms with Crippen LogP contribution in [0.25, 0.3) is 0 Å². The fourth-order valence-electron chi connectivity index (χ4n) is 4.27. The number of nitrogens with zero attached hydrogens (tertiary/aromatic N) is 3. The predicted molar refractivity (Wildman–Crippen MR) is 86.0 cm³/mol. The van der Waals surface area contributed by atoms with Crippen molar-refractivity contribution in [3.05, 3.63) is 22.7 Å². The first-order valence-corrected chi connectivity index (χ1v) is 8.13. The average Bonchev–Trinajstić information content (AvgIpc) is 2.96. The van der Waals surface area contributed by atoms with E-state index in [-0.39, 0.29) is 11.0 Å². The van der Waals surface area contributed by atoms with Crippen LogP contribution in [-0.4, -0.2) is 52.3 Å². The van der Waals surface area contributed by atoms with Gasteiger partial charge in [0.25, 0.3) is 5.56 Å². The van der Waals surface area contributed by atoms with Gasteiger partial charge >= 0.3 is 0 Å². The maximum Gasteiger partial charge on any atom is 0.255 e. The summed E-state index contributed by atoms with van der Waals surface area (Å²) in [5.41, 5.74) is -1.01. The van der Waals surface area contributed by atoms with Crippen LogP contribution in [0, 0.1) is 5.41 Å². The Balaban J connectivity index is 1.90. The van der Waals surface area contributed by atoms with E-state index in [1.807, 2.05) is 0 Å². The molecule has 1 atom stereocenters. The lowest BCUT2D eigenvalue weighted by molar-refractivity contribution is -0.139. The van der Waals surface area contributed by atoms with Gasteiger partial charge in [0.1, 0.15) is 5.82 Å². The average molecular weight is 306 g/mol. The topological polar surface area (TPSA) is 70.4 Å². The smallest absolute Gasteiger partial charge is 0.255 e. The summed E-state index contributed by atoms with van der Waals surface area (Å²) in [5.74, 6) is 0.562. The van der Waals surface area contributed by atoms with Gasteiger partial charge in [-0.3, -0.25) is 9.36 Å². The van der Waals surface area contributed by atoms with Crippen molar-refractivity contribution in [2.45, 2.75) is 44.2 Å². The first-order valence-electron chi connectivity index (χ1n) is 8.13. The van der Waals surface area contributed by atoms with Gasteiger partial charge in [-0.15, -0.1) is 0 Å². The summed E-state index contributed by atoms with van der Waals surface area (Å²) in [6, 6.07) is 1.49. The molecular formula is C16H26N4O2. The molecule has 1 saturated heterocycles. The molecule has 0 bridgehead atoms. The molecular weight excluding hydrogens is 280 g/mol. The van der Waals surface area contributed by atoms with Gasteiger partial charge in [-0.2, -0.15) is 0 Å². The molecule has 2 aliphatic rings. The van der Waals surface area contributed by atoms with Crippen LogP contribution in [0.2, 0.25) is 0 Å². The zero-order chi connectivity index (χ0) is 15.8. The molecule has 0 amide bonds. The molecule has 1 aliphatic carbocycles. The zero-order valence-electron chi connectivity index (χ0n) is 13.5. The zero-order valence-corrected chi connectivity index (χ0v) is 13.5. The standard InChI is InChI=1S/C16H26N4O2/c1-17-13-9-14(21)20(12-18-13)11-16(22)7-8-19(2)10-15(16)5-3-4-6-15/h9,12,17,22H,3-8,10-11H2,1-2H3. The number of anilines is 1. The van der Waals surface area contributed by atoms with Crippen LogP contribution in [-0.2, 0) is 6.54 Å². The van der Waals surface area contributed by atoms with Crippen molar-refractivity contribution in [3.8, 4) is 0 Å². The second-order valence-electron chi connectivity index (χ2n) is 7.00. The van der Waals surface area contributed by atoms with Crippen LogP contribution in [0.5, 0.6) is 0 Å². The Hall–Kier alpha value is -1.40. The van der Waals surface area contributed by atoms with Gasteiger partial charge in [0.2, 0.25) is 0 Å². The quantitative estimate of drug-likeness (QED) is 0.869. The largest absolute Gasteiger partial charge is 0.387 e. The highest BCUT2D eigenvalue weighted by atomic mass is 16.3. The Bertz CT molecular complexity index is 594. The minimum Gasteiger partial charge on any atom is -0.387 e. The van der Waals surface area contributed by atoms with Crippen LogP contribution in [0.15, 0.2) is 17.2 Å². The summed E-state index contributed by atoms with van der Waals surface area (Å²) in [5, 5.41) is 14.3. The number of hydrogen-bond acceptors (Lipinski definition) is 5. The van der Waals surface area contributed by atoms with Crippen molar-refractivity contribution in [3.63, 3.8) is 0 Å². The van der Waals surface area contributed by atoms with Gasteiger partial charge in [-0.1, -0.05) is 12.8 Å². The first-order chi connectivity index (χ1) is 10.5. The van der Waals surface area contributed by atoms with Gasteiger partial charge in [0.15, 0.2) is 0 Å². The van der Waals surface area contributed by atoms with Crippen LogP contribution >= 0.6 is 0 Å². The van der Waals surface area contributed by atoms with Crippen LogP contribution < -0.4 is 10.9 Å². The van der Waals surface area contributed by atoms with Crippen molar-refractivity contribution in [1.29, 1.82) is 0 Å². The molecule has 1 spiro atoms. The number of aliphatic hydroxyl groups is 1. The molecule has 1 aromatic heterocycles. The van der Waals surface area contributed by atoms with Crippen molar-refractivity contribution < 1.29 is 5.11 Å². The molecule has 1 unspecified atom stereocenters. The van der Waals surface area contributed by atoms with Gasteiger partial charge in [0, 0.05) is 31.6 Å². The maximum absolute atomic E-state index is 12.2. The third kappa shape index (κ3) is 2.54. The number of hydrogen-bond donors (Lipinski definition) is 2. The van der Waals surface area contributed by atoms with E-state index in [9.17, 15) is 9.90 Å². The molecule has 2 fully saturated rings. The Morgan fingerprint density at radius 1 is 1.36 bits per heavy atom. The maximum atomic E-state index is 12.2. The molecule has 6 heteroatoms. The van der Waals surface area contributed by atoms with E-state index in [0.717, 1.165) is 25.9 Å². The molecule has 1 saturated carbocycles.